The zero-order valence-corrected chi connectivity index (χ0v) is 7.56. The Morgan fingerprint density at radius 3 is 2.92 bits per heavy atom. The summed E-state index contributed by atoms with van der Waals surface area (Å²) in [6, 6.07) is 0.821. The SMILES string of the molecule is NCCc1cn(C2CC(N)C2)nn1. The second-order valence-corrected chi connectivity index (χ2v) is 3.61. The molecule has 0 saturated heterocycles. The number of nitrogens with zero attached hydrogens (tertiary/aromatic N) is 3. The van der Waals surface area contributed by atoms with Crippen molar-refractivity contribution in [2.75, 3.05) is 6.54 Å². The Kier molecular flexibility index (Phi) is 2.28. The quantitative estimate of drug-likeness (QED) is 0.655. The van der Waals surface area contributed by atoms with Crippen LogP contribution in [0.1, 0.15) is 24.6 Å². The number of nitrogens with two attached hydrogens (primary N) is 2. The first-order chi connectivity index (χ1) is 6.29. The predicted molar refractivity (Wildman–Crippen MR) is 49.0 cm³/mol. The molecular weight excluding hydrogens is 166 g/mol. The highest BCUT2D eigenvalue weighted by Gasteiger charge is 2.28. The van der Waals surface area contributed by atoms with Gasteiger partial charge < -0.3 is 11.5 Å². The molecule has 0 unspecified atom stereocenters. The van der Waals surface area contributed by atoms with Crippen LogP contribution in [0.25, 0.3) is 0 Å². The highest BCUT2D eigenvalue weighted by Crippen LogP contribution is 2.29. The first-order valence-corrected chi connectivity index (χ1v) is 4.66. The fourth-order valence-electron chi connectivity index (χ4n) is 1.60. The van der Waals surface area contributed by atoms with E-state index >= 15 is 0 Å². The van der Waals surface area contributed by atoms with Gasteiger partial charge in [0, 0.05) is 18.7 Å². The maximum Gasteiger partial charge on any atom is 0.0839 e. The van der Waals surface area contributed by atoms with Gasteiger partial charge in [-0.05, 0) is 19.4 Å². The Morgan fingerprint density at radius 1 is 1.54 bits per heavy atom. The molecule has 1 aromatic heterocycles. The van der Waals surface area contributed by atoms with E-state index in [-0.39, 0.29) is 0 Å². The summed E-state index contributed by atoms with van der Waals surface area (Å²) < 4.78 is 1.91. The molecule has 1 aromatic rings. The number of hydrogen-bond acceptors (Lipinski definition) is 4. The molecule has 0 bridgehead atoms. The first-order valence-electron chi connectivity index (χ1n) is 4.66. The van der Waals surface area contributed by atoms with Crippen molar-refractivity contribution in [3.63, 3.8) is 0 Å². The van der Waals surface area contributed by atoms with Gasteiger partial charge in [-0.15, -0.1) is 5.10 Å². The molecule has 1 fully saturated rings. The van der Waals surface area contributed by atoms with Crippen molar-refractivity contribution in [3.8, 4) is 0 Å². The molecule has 2 rings (SSSR count). The van der Waals surface area contributed by atoms with Gasteiger partial charge in [0.25, 0.3) is 0 Å². The summed E-state index contributed by atoms with van der Waals surface area (Å²) in [5.74, 6) is 0. The van der Waals surface area contributed by atoms with E-state index in [0.717, 1.165) is 25.0 Å². The Morgan fingerprint density at radius 2 is 2.31 bits per heavy atom. The summed E-state index contributed by atoms with van der Waals surface area (Å²) in [4.78, 5) is 0. The van der Waals surface area contributed by atoms with Crippen LogP contribution < -0.4 is 11.5 Å². The Labute approximate surface area is 77.1 Å². The van der Waals surface area contributed by atoms with Crippen LogP contribution >= 0.6 is 0 Å². The van der Waals surface area contributed by atoms with E-state index in [1.807, 2.05) is 10.9 Å². The van der Waals surface area contributed by atoms with E-state index in [1.165, 1.54) is 0 Å². The zero-order chi connectivity index (χ0) is 9.26. The van der Waals surface area contributed by atoms with Crippen LogP contribution in [0, 0.1) is 0 Å². The molecule has 1 aliphatic carbocycles. The van der Waals surface area contributed by atoms with Gasteiger partial charge in [0.15, 0.2) is 0 Å². The molecule has 0 atom stereocenters. The van der Waals surface area contributed by atoms with Gasteiger partial charge in [-0.1, -0.05) is 5.21 Å². The Bertz CT molecular complexity index is 276. The lowest BCUT2D eigenvalue weighted by Crippen LogP contribution is -2.37. The minimum absolute atomic E-state index is 0.354. The van der Waals surface area contributed by atoms with E-state index in [9.17, 15) is 0 Å². The summed E-state index contributed by atoms with van der Waals surface area (Å²) in [5.41, 5.74) is 12.1. The van der Waals surface area contributed by atoms with Crippen molar-refractivity contribution in [1.82, 2.24) is 15.0 Å². The van der Waals surface area contributed by atoms with Crippen LogP contribution in [0.2, 0.25) is 0 Å². The second kappa shape index (κ2) is 3.43. The van der Waals surface area contributed by atoms with Crippen LogP contribution in [0.3, 0.4) is 0 Å². The molecule has 0 spiro atoms. The molecule has 4 N–H and O–H groups in total. The first kappa shape index (κ1) is 8.65. The van der Waals surface area contributed by atoms with Gasteiger partial charge >= 0.3 is 0 Å². The highest BCUT2D eigenvalue weighted by molar-refractivity contribution is 4.96. The molecule has 13 heavy (non-hydrogen) atoms. The van der Waals surface area contributed by atoms with E-state index in [4.69, 9.17) is 11.5 Å². The van der Waals surface area contributed by atoms with Crippen molar-refractivity contribution >= 4 is 0 Å². The van der Waals surface area contributed by atoms with E-state index in [0.29, 0.717) is 18.6 Å². The Balaban J connectivity index is 1.97. The average molecular weight is 181 g/mol. The number of aromatic nitrogens is 3. The molecule has 1 saturated carbocycles. The van der Waals surface area contributed by atoms with Crippen LogP contribution in [-0.4, -0.2) is 27.6 Å². The minimum atomic E-state index is 0.354. The normalized spacial score (nSPS) is 27.2. The topological polar surface area (TPSA) is 82.8 Å². The third-order valence-corrected chi connectivity index (χ3v) is 2.48. The Hall–Kier alpha value is -0.940. The zero-order valence-electron chi connectivity index (χ0n) is 7.56. The average Bonchev–Trinajstić information content (AvgIpc) is 2.48. The summed E-state index contributed by atoms with van der Waals surface area (Å²) in [6.45, 7) is 0.628. The lowest BCUT2D eigenvalue weighted by Gasteiger charge is -2.31. The largest absolute Gasteiger partial charge is 0.330 e. The van der Waals surface area contributed by atoms with Gasteiger partial charge in [0.05, 0.1) is 11.7 Å². The van der Waals surface area contributed by atoms with Gasteiger partial charge in [-0.25, -0.2) is 4.68 Å². The molecule has 0 aliphatic heterocycles. The second-order valence-electron chi connectivity index (χ2n) is 3.61. The van der Waals surface area contributed by atoms with Gasteiger partial charge in [-0.2, -0.15) is 0 Å². The van der Waals surface area contributed by atoms with E-state index < -0.39 is 0 Å². The number of rotatable bonds is 3. The van der Waals surface area contributed by atoms with Crippen LogP contribution in [-0.2, 0) is 6.42 Å². The summed E-state index contributed by atoms with van der Waals surface area (Å²) in [5, 5.41) is 8.07. The molecule has 5 heteroatoms. The fourth-order valence-corrected chi connectivity index (χ4v) is 1.60. The molecular formula is C8H15N5. The fraction of sp³-hybridized carbons (Fsp3) is 0.750. The lowest BCUT2D eigenvalue weighted by molar-refractivity contribution is 0.243. The van der Waals surface area contributed by atoms with Crippen molar-refractivity contribution in [3.05, 3.63) is 11.9 Å². The molecule has 1 aliphatic rings. The van der Waals surface area contributed by atoms with Crippen molar-refractivity contribution in [2.45, 2.75) is 31.3 Å². The number of hydrogen-bond donors (Lipinski definition) is 2. The monoisotopic (exact) mass is 181 g/mol. The third kappa shape index (κ3) is 1.71. The van der Waals surface area contributed by atoms with Crippen LogP contribution in [0.4, 0.5) is 0 Å². The predicted octanol–water partition coefficient (Wildman–Crippen LogP) is -0.559. The van der Waals surface area contributed by atoms with E-state index in [1.54, 1.807) is 0 Å². The standard InChI is InChI=1S/C8H15N5/c9-2-1-7-5-13(12-11-7)8-3-6(10)4-8/h5-6,8H,1-4,9-10H2. The van der Waals surface area contributed by atoms with Crippen LogP contribution in [0.5, 0.6) is 0 Å². The molecule has 1 heterocycles. The van der Waals surface area contributed by atoms with Gasteiger partial charge in [0.1, 0.15) is 0 Å². The molecule has 5 nitrogen and oxygen atoms in total. The summed E-state index contributed by atoms with van der Waals surface area (Å²) >= 11 is 0. The molecule has 0 amide bonds. The maximum atomic E-state index is 5.69. The van der Waals surface area contributed by atoms with Gasteiger partial charge in [0.2, 0.25) is 0 Å². The maximum absolute atomic E-state index is 5.69. The third-order valence-electron chi connectivity index (χ3n) is 2.48. The molecule has 0 radical (unpaired) electrons. The molecule has 0 aromatic carbocycles. The summed E-state index contributed by atoms with van der Waals surface area (Å²) in [6.07, 6.45) is 4.82. The highest BCUT2D eigenvalue weighted by atomic mass is 15.4. The minimum Gasteiger partial charge on any atom is -0.330 e. The smallest absolute Gasteiger partial charge is 0.0839 e. The van der Waals surface area contributed by atoms with Crippen molar-refractivity contribution in [1.29, 1.82) is 0 Å². The van der Waals surface area contributed by atoms with Crippen molar-refractivity contribution in [2.24, 2.45) is 11.5 Å². The van der Waals surface area contributed by atoms with Crippen LogP contribution in [0.15, 0.2) is 6.20 Å². The summed E-state index contributed by atoms with van der Waals surface area (Å²) in [7, 11) is 0. The molecule has 72 valence electrons. The van der Waals surface area contributed by atoms with E-state index in [2.05, 4.69) is 10.3 Å². The van der Waals surface area contributed by atoms with Gasteiger partial charge in [-0.3, -0.25) is 0 Å². The lowest BCUT2D eigenvalue weighted by atomic mass is 9.88. The van der Waals surface area contributed by atoms with Crippen molar-refractivity contribution < 1.29 is 0 Å².